The number of ether oxygens (including phenoxy) is 2. The number of carbonyl (C=O) groups excluding carboxylic acids is 6. The first-order valence-corrected chi connectivity index (χ1v) is 19.7. The second kappa shape index (κ2) is 19.6. The summed E-state index contributed by atoms with van der Waals surface area (Å²) in [7, 11) is -2.75. The quantitative estimate of drug-likeness (QED) is 0.129. The predicted octanol–water partition coefficient (Wildman–Crippen LogP) is 1.49. The van der Waals surface area contributed by atoms with Crippen LogP contribution < -0.4 is 31.1 Å². The number of primary amides is 1. The van der Waals surface area contributed by atoms with Gasteiger partial charge in [-0.25, -0.2) is 8.42 Å². The van der Waals surface area contributed by atoms with E-state index >= 15 is 0 Å². The number of nitrogens with zero attached hydrogens (tertiary/aromatic N) is 1. The third kappa shape index (κ3) is 12.9. The number of methoxy groups -OCH3 is 1. The summed E-state index contributed by atoms with van der Waals surface area (Å²) in [6.07, 6.45) is 0.578. The van der Waals surface area contributed by atoms with Gasteiger partial charge in [0.2, 0.25) is 39.4 Å². The van der Waals surface area contributed by atoms with Gasteiger partial charge in [-0.2, -0.15) is 4.72 Å². The van der Waals surface area contributed by atoms with Crippen molar-refractivity contribution in [2.75, 3.05) is 20.2 Å². The number of rotatable bonds is 19. The summed E-state index contributed by atoms with van der Waals surface area (Å²) in [5, 5.41) is 7.32. The minimum Gasteiger partial charge on any atom is -0.497 e. The second-order valence-electron chi connectivity index (χ2n) is 14.7. The number of hydrogen-bond donors (Lipinski definition) is 5. The SMILES string of the molecule is CCCCC(NC(=O)[C@@H]1C[C@@H](OC(C)(C)C)CN1C(=O)[C@@H](NS(=O)(=O)c1ccc(OC)cc1)C(C)C)C(=O)C(=O)NCC(=O)N[C@H](C(N)=O)c1ccccc1. The smallest absolute Gasteiger partial charge is 0.290 e. The summed E-state index contributed by atoms with van der Waals surface area (Å²) in [6, 6.07) is 8.95. The first kappa shape index (κ1) is 44.5. The Bertz CT molecular complexity index is 1780. The zero-order chi connectivity index (χ0) is 41.1. The standard InChI is InChI=1S/C38H54N6O10S/c1-8-9-15-28(33(46)36(49)40-21-30(45)42-32(34(39)47)24-13-11-10-12-14-24)41-35(48)29-20-26(54-38(4,5)6)22-44(29)37(50)31(23(2)3)43-55(51,52)27-18-16-25(53-7)17-19-27/h10-14,16-19,23,26,28-29,31-32,43H,8-9,15,20-22H2,1-7H3,(H2,39,47)(H,40,49)(H,41,48)(H,42,45)/t26-,28?,29+,31+,32+/m1/s1. The van der Waals surface area contributed by atoms with E-state index < -0.39 is 93.7 Å². The molecule has 0 saturated carbocycles. The van der Waals surface area contributed by atoms with E-state index in [1.54, 1.807) is 44.2 Å². The number of ketones is 1. The molecule has 1 heterocycles. The molecule has 0 radical (unpaired) electrons. The number of nitrogens with two attached hydrogens (primary N) is 1. The Labute approximate surface area is 322 Å². The van der Waals surface area contributed by atoms with Crippen molar-refractivity contribution in [3.63, 3.8) is 0 Å². The van der Waals surface area contributed by atoms with Crippen molar-refractivity contribution >= 4 is 45.3 Å². The summed E-state index contributed by atoms with van der Waals surface area (Å²) < 4.78 is 40.6. The maximum atomic E-state index is 14.2. The number of sulfonamides is 1. The van der Waals surface area contributed by atoms with Gasteiger partial charge in [0.1, 0.15) is 23.9 Å². The number of hydrogen-bond acceptors (Lipinski definition) is 10. The number of amides is 5. The van der Waals surface area contributed by atoms with E-state index in [1.807, 2.05) is 27.7 Å². The van der Waals surface area contributed by atoms with Crippen LogP contribution in [0.3, 0.4) is 0 Å². The van der Waals surface area contributed by atoms with E-state index in [0.29, 0.717) is 24.2 Å². The third-order valence-corrected chi connectivity index (χ3v) is 10.2. The number of unbranched alkanes of at least 4 members (excludes halogenated alkanes) is 1. The largest absolute Gasteiger partial charge is 0.497 e. The van der Waals surface area contributed by atoms with Crippen molar-refractivity contribution in [3.05, 3.63) is 60.2 Å². The first-order chi connectivity index (χ1) is 25.8. The van der Waals surface area contributed by atoms with Crippen molar-refractivity contribution < 1.29 is 46.7 Å². The Hall–Kier alpha value is -4.87. The van der Waals surface area contributed by atoms with Crippen LogP contribution in [0, 0.1) is 5.92 Å². The molecule has 0 aliphatic carbocycles. The zero-order valence-electron chi connectivity index (χ0n) is 32.4. The molecule has 0 bridgehead atoms. The lowest BCUT2D eigenvalue weighted by molar-refractivity contribution is -0.143. The molecular weight excluding hydrogens is 733 g/mol. The van der Waals surface area contributed by atoms with E-state index in [-0.39, 0.29) is 24.3 Å². The van der Waals surface area contributed by atoms with Crippen molar-refractivity contribution in [2.45, 2.75) is 108 Å². The molecule has 0 aromatic heterocycles. The van der Waals surface area contributed by atoms with Crippen molar-refractivity contribution in [3.8, 4) is 5.75 Å². The van der Waals surface area contributed by atoms with Gasteiger partial charge in [0.25, 0.3) is 5.91 Å². The Kier molecular flexibility index (Phi) is 15.9. The van der Waals surface area contributed by atoms with Crippen molar-refractivity contribution in [2.24, 2.45) is 11.7 Å². The molecule has 3 rings (SSSR count). The first-order valence-electron chi connectivity index (χ1n) is 18.2. The molecule has 16 nitrogen and oxygen atoms in total. The summed E-state index contributed by atoms with van der Waals surface area (Å²) >= 11 is 0. The molecule has 55 heavy (non-hydrogen) atoms. The van der Waals surface area contributed by atoms with Crippen LogP contribution in [0.15, 0.2) is 59.5 Å². The average molecular weight is 787 g/mol. The van der Waals surface area contributed by atoms with Gasteiger partial charge in [-0.05, 0) is 62.9 Å². The van der Waals surface area contributed by atoms with Crippen molar-refractivity contribution in [1.29, 1.82) is 0 Å². The van der Waals surface area contributed by atoms with Crippen LogP contribution >= 0.6 is 0 Å². The van der Waals surface area contributed by atoms with Crippen LogP contribution in [-0.2, 0) is 43.5 Å². The zero-order valence-corrected chi connectivity index (χ0v) is 33.2. The molecule has 5 amide bonds. The predicted molar refractivity (Wildman–Crippen MR) is 203 cm³/mol. The number of likely N-dealkylation sites (tertiary alicyclic amines) is 1. The third-order valence-electron chi connectivity index (χ3n) is 8.79. The maximum Gasteiger partial charge on any atom is 0.290 e. The Morgan fingerprint density at radius 2 is 1.60 bits per heavy atom. The topological polar surface area (TPSA) is 232 Å². The van der Waals surface area contributed by atoms with Gasteiger partial charge in [-0.15, -0.1) is 0 Å². The summed E-state index contributed by atoms with van der Waals surface area (Å²) in [4.78, 5) is 80.5. The van der Waals surface area contributed by atoms with E-state index in [0.717, 1.165) is 0 Å². The average Bonchev–Trinajstić information content (AvgIpc) is 3.55. The normalized spacial score (nSPS) is 17.5. The maximum absolute atomic E-state index is 14.2. The highest BCUT2D eigenvalue weighted by molar-refractivity contribution is 7.89. The van der Waals surface area contributed by atoms with Crippen LogP contribution in [0.5, 0.6) is 5.75 Å². The van der Waals surface area contributed by atoms with Crippen LogP contribution in [0.2, 0.25) is 0 Å². The molecule has 5 atom stereocenters. The van der Waals surface area contributed by atoms with Crippen LogP contribution in [0.1, 0.15) is 78.8 Å². The number of nitrogens with one attached hydrogen (secondary N) is 4. The van der Waals surface area contributed by atoms with Crippen LogP contribution in [0.4, 0.5) is 0 Å². The Morgan fingerprint density at radius 3 is 2.15 bits per heavy atom. The number of Topliss-reactive ketones (excluding diaryl/α,β-unsaturated/α-hetero) is 1. The lowest BCUT2D eigenvalue weighted by Crippen LogP contribution is -2.57. The minimum atomic E-state index is -4.20. The number of carbonyl (C=O) groups is 6. The van der Waals surface area contributed by atoms with Crippen LogP contribution in [0.25, 0.3) is 0 Å². The fourth-order valence-electron chi connectivity index (χ4n) is 6.04. The molecule has 1 aliphatic rings. The highest BCUT2D eigenvalue weighted by Crippen LogP contribution is 2.27. The van der Waals surface area contributed by atoms with Gasteiger partial charge >= 0.3 is 0 Å². The molecular formula is C38H54N6O10S. The molecule has 1 saturated heterocycles. The highest BCUT2D eigenvalue weighted by Gasteiger charge is 2.45. The van der Waals surface area contributed by atoms with Gasteiger partial charge in [0.15, 0.2) is 0 Å². The van der Waals surface area contributed by atoms with Gasteiger partial charge in [0.05, 0.1) is 36.3 Å². The Morgan fingerprint density at radius 1 is 0.964 bits per heavy atom. The van der Waals surface area contributed by atoms with E-state index in [4.69, 9.17) is 15.2 Å². The summed E-state index contributed by atoms with van der Waals surface area (Å²) in [5.74, 6) is -5.27. The minimum absolute atomic E-state index is 0.0361. The number of benzene rings is 2. The molecule has 17 heteroatoms. The van der Waals surface area contributed by atoms with Gasteiger partial charge < -0.3 is 36.1 Å². The molecule has 1 unspecified atom stereocenters. The molecule has 1 aliphatic heterocycles. The van der Waals surface area contributed by atoms with E-state index in [1.165, 1.54) is 36.3 Å². The lowest BCUT2D eigenvalue weighted by atomic mass is 10.0. The lowest BCUT2D eigenvalue weighted by Gasteiger charge is -2.31. The Balaban J connectivity index is 1.80. The summed E-state index contributed by atoms with van der Waals surface area (Å²) in [6.45, 7) is 9.96. The van der Waals surface area contributed by atoms with Gasteiger partial charge in [-0.3, -0.25) is 28.8 Å². The molecule has 6 N–H and O–H groups in total. The monoisotopic (exact) mass is 786 g/mol. The molecule has 2 aromatic carbocycles. The fraction of sp³-hybridized carbons (Fsp3) is 0.526. The molecule has 2 aromatic rings. The van der Waals surface area contributed by atoms with Crippen molar-refractivity contribution in [1.82, 2.24) is 25.6 Å². The van der Waals surface area contributed by atoms with Crippen LogP contribution in [-0.4, -0.2) is 98.7 Å². The van der Waals surface area contributed by atoms with E-state index in [9.17, 15) is 37.2 Å². The second-order valence-corrected chi connectivity index (χ2v) is 16.4. The summed E-state index contributed by atoms with van der Waals surface area (Å²) in [5.41, 5.74) is 5.24. The fourth-order valence-corrected chi connectivity index (χ4v) is 7.38. The van der Waals surface area contributed by atoms with Gasteiger partial charge in [0, 0.05) is 13.0 Å². The van der Waals surface area contributed by atoms with E-state index in [2.05, 4.69) is 20.7 Å². The molecule has 302 valence electrons. The highest BCUT2D eigenvalue weighted by atomic mass is 32.2. The molecule has 1 fully saturated rings. The molecule has 0 spiro atoms. The van der Waals surface area contributed by atoms with Gasteiger partial charge in [-0.1, -0.05) is 63.9 Å².